The first-order chi connectivity index (χ1) is 9.11. The molecule has 2 atom stereocenters. The van der Waals surface area contributed by atoms with Crippen molar-refractivity contribution in [2.45, 2.75) is 44.7 Å². The number of nitrogens with two attached hydrogens (primary N) is 1. The van der Waals surface area contributed by atoms with Crippen LogP contribution >= 0.6 is 0 Å². The van der Waals surface area contributed by atoms with Gasteiger partial charge in [-0.05, 0) is 32.2 Å². The van der Waals surface area contributed by atoms with E-state index in [1.165, 1.54) is 13.0 Å². The van der Waals surface area contributed by atoms with Crippen molar-refractivity contribution in [3.63, 3.8) is 0 Å². The standard InChI is InChI=1S/C15H27N3O/c1-3-8-18-9-6-14(7-10-18)17(2)15(19)12-4-5-13(16)11-12/h4-5,12-14H,3,6-11,16H2,1-2H3. The van der Waals surface area contributed by atoms with E-state index in [-0.39, 0.29) is 17.9 Å². The molecule has 1 fully saturated rings. The quantitative estimate of drug-likeness (QED) is 0.778. The Kier molecular flexibility index (Phi) is 4.99. The number of hydrogen-bond acceptors (Lipinski definition) is 3. The van der Waals surface area contributed by atoms with Gasteiger partial charge in [-0.2, -0.15) is 0 Å². The second kappa shape index (κ2) is 6.53. The highest BCUT2D eigenvalue weighted by Gasteiger charge is 2.30. The summed E-state index contributed by atoms with van der Waals surface area (Å²) < 4.78 is 0. The average molecular weight is 265 g/mol. The zero-order valence-electron chi connectivity index (χ0n) is 12.2. The second-order valence-corrected chi connectivity index (χ2v) is 5.91. The number of rotatable bonds is 4. The van der Waals surface area contributed by atoms with Crippen molar-refractivity contribution in [3.05, 3.63) is 12.2 Å². The molecule has 2 N–H and O–H groups in total. The fraction of sp³-hybridized carbons (Fsp3) is 0.800. The lowest BCUT2D eigenvalue weighted by Crippen LogP contribution is -2.47. The third-order valence-electron chi connectivity index (χ3n) is 4.43. The van der Waals surface area contributed by atoms with Gasteiger partial charge in [0.05, 0.1) is 5.92 Å². The van der Waals surface area contributed by atoms with E-state index < -0.39 is 0 Å². The van der Waals surface area contributed by atoms with Crippen molar-refractivity contribution < 1.29 is 4.79 Å². The van der Waals surface area contributed by atoms with Crippen molar-refractivity contribution in [2.24, 2.45) is 11.7 Å². The maximum Gasteiger partial charge on any atom is 0.229 e. The van der Waals surface area contributed by atoms with Gasteiger partial charge in [-0.25, -0.2) is 0 Å². The summed E-state index contributed by atoms with van der Waals surface area (Å²) in [4.78, 5) is 16.9. The molecule has 0 bridgehead atoms. The van der Waals surface area contributed by atoms with Gasteiger partial charge in [0.2, 0.25) is 5.91 Å². The maximum atomic E-state index is 12.4. The van der Waals surface area contributed by atoms with E-state index in [2.05, 4.69) is 11.8 Å². The van der Waals surface area contributed by atoms with Crippen LogP contribution in [0.4, 0.5) is 0 Å². The van der Waals surface area contributed by atoms with Gasteiger partial charge in [0.15, 0.2) is 0 Å². The third-order valence-corrected chi connectivity index (χ3v) is 4.43. The normalized spacial score (nSPS) is 28.8. The Hall–Kier alpha value is -0.870. The van der Waals surface area contributed by atoms with E-state index in [1.54, 1.807) is 0 Å². The van der Waals surface area contributed by atoms with E-state index in [1.807, 2.05) is 24.1 Å². The molecule has 1 saturated heterocycles. The molecule has 0 spiro atoms. The van der Waals surface area contributed by atoms with Crippen LogP contribution in [0, 0.1) is 5.92 Å². The van der Waals surface area contributed by atoms with Crippen molar-refractivity contribution in [1.82, 2.24) is 9.80 Å². The van der Waals surface area contributed by atoms with Crippen LogP contribution in [0.5, 0.6) is 0 Å². The summed E-state index contributed by atoms with van der Waals surface area (Å²) in [5.41, 5.74) is 5.83. The first-order valence-corrected chi connectivity index (χ1v) is 7.54. The molecule has 4 heteroatoms. The number of likely N-dealkylation sites (tertiary alicyclic amines) is 1. The molecule has 1 amide bonds. The summed E-state index contributed by atoms with van der Waals surface area (Å²) in [6, 6.07) is 0.472. The predicted molar refractivity (Wildman–Crippen MR) is 77.7 cm³/mol. The lowest BCUT2D eigenvalue weighted by Gasteiger charge is -2.37. The summed E-state index contributed by atoms with van der Waals surface area (Å²) in [5.74, 6) is 0.256. The lowest BCUT2D eigenvalue weighted by molar-refractivity contribution is -0.135. The van der Waals surface area contributed by atoms with E-state index in [4.69, 9.17) is 5.73 Å². The smallest absolute Gasteiger partial charge is 0.229 e. The molecule has 4 nitrogen and oxygen atoms in total. The molecule has 19 heavy (non-hydrogen) atoms. The van der Waals surface area contributed by atoms with Crippen LogP contribution in [0.2, 0.25) is 0 Å². The summed E-state index contributed by atoms with van der Waals surface area (Å²) in [7, 11) is 1.96. The third kappa shape index (κ3) is 3.57. The fourth-order valence-corrected chi connectivity index (χ4v) is 3.20. The van der Waals surface area contributed by atoms with Crippen molar-refractivity contribution in [1.29, 1.82) is 0 Å². The molecular formula is C15H27N3O. The highest BCUT2D eigenvalue weighted by atomic mass is 16.2. The molecule has 0 saturated carbocycles. The maximum absolute atomic E-state index is 12.4. The first kappa shape index (κ1) is 14.5. The Balaban J connectivity index is 1.82. The topological polar surface area (TPSA) is 49.6 Å². The predicted octanol–water partition coefficient (Wildman–Crippen LogP) is 1.22. The van der Waals surface area contributed by atoms with Crippen LogP contribution in [0.25, 0.3) is 0 Å². The zero-order valence-corrected chi connectivity index (χ0v) is 12.2. The highest BCUT2D eigenvalue weighted by Crippen LogP contribution is 2.22. The van der Waals surface area contributed by atoms with Gasteiger partial charge in [0.1, 0.15) is 0 Å². The summed E-state index contributed by atoms with van der Waals surface area (Å²) in [6.07, 6.45) is 8.13. The number of amides is 1. The summed E-state index contributed by atoms with van der Waals surface area (Å²) >= 11 is 0. The number of piperidine rings is 1. The molecule has 0 aromatic carbocycles. The van der Waals surface area contributed by atoms with Gasteiger partial charge in [-0.1, -0.05) is 19.1 Å². The van der Waals surface area contributed by atoms with Gasteiger partial charge in [-0.3, -0.25) is 4.79 Å². The highest BCUT2D eigenvalue weighted by molar-refractivity contribution is 5.81. The Bertz CT molecular complexity index is 334. The van der Waals surface area contributed by atoms with Crippen molar-refractivity contribution in [2.75, 3.05) is 26.7 Å². The second-order valence-electron chi connectivity index (χ2n) is 5.91. The van der Waals surface area contributed by atoms with Crippen LogP contribution in [0.15, 0.2) is 12.2 Å². The monoisotopic (exact) mass is 265 g/mol. The molecule has 1 aliphatic carbocycles. The number of hydrogen-bond donors (Lipinski definition) is 1. The van der Waals surface area contributed by atoms with Crippen LogP contribution in [0.1, 0.15) is 32.6 Å². The fourth-order valence-electron chi connectivity index (χ4n) is 3.20. The Morgan fingerprint density at radius 1 is 1.37 bits per heavy atom. The van der Waals surface area contributed by atoms with E-state index in [9.17, 15) is 4.79 Å². The number of nitrogens with zero attached hydrogens (tertiary/aromatic N) is 2. The van der Waals surface area contributed by atoms with Crippen LogP contribution in [-0.4, -0.2) is 54.5 Å². The van der Waals surface area contributed by atoms with Crippen molar-refractivity contribution >= 4 is 5.91 Å². The molecule has 0 aromatic rings. The first-order valence-electron chi connectivity index (χ1n) is 7.54. The van der Waals surface area contributed by atoms with Crippen LogP contribution < -0.4 is 5.73 Å². The van der Waals surface area contributed by atoms with Crippen molar-refractivity contribution in [3.8, 4) is 0 Å². The van der Waals surface area contributed by atoms with Crippen LogP contribution in [0.3, 0.4) is 0 Å². The van der Waals surface area contributed by atoms with Gasteiger partial charge >= 0.3 is 0 Å². The molecule has 1 heterocycles. The molecule has 0 aromatic heterocycles. The lowest BCUT2D eigenvalue weighted by atomic mass is 10.00. The Labute approximate surface area is 116 Å². The van der Waals surface area contributed by atoms with Crippen LogP contribution in [-0.2, 0) is 4.79 Å². The molecule has 2 unspecified atom stereocenters. The minimum Gasteiger partial charge on any atom is -0.342 e. The van der Waals surface area contributed by atoms with Gasteiger partial charge < -0.3 is 15.5 Å². The van der Waals surface area contributed by atoms with E-state index in [0.29, 0.717) is 6.04 Å². The summed E-state index contributed by atoms with van der Waals surface area (Å²) in [6.45, 7) is 5.65. The molecular weight excluding hydrogens is 238 g/mol. The summed E-state index contributed by atoms with van der Waals surface area (Å²) in [5, 5.41) is 0. The SMILES string of the molecule is CCCN1CCC(N(C)C(=O)C2C=CC(N)C2)CC1. The molecule has 108 valence electrons. The Morgan fingerprint density at radius 2 is 2.05 bits per heavy atom. The molecule has 2 rings (SSSR count). The molecule has 1 aliphatic heterocycles. The minimum absolute atomic E-state index is 0.00803. The van der Waals surface area contributed by atoms with Gasteiger partial charge in [-0.15, -0.1) is 0 Å². The van der Waals surface area contributed by atoms with E-state index >= 15 is 0 Å². The molecule has 0 radical (unpaired) electrons. The largest absolute Gasteiger partial charge is 0.342 e. The zero-order chi connectivity index (χ0) is 13.8. The van der Waals surface area contributed by atoms with Gasteiger partial charge in [0, 0.05) is 32.2 Å². The number of carbonyl (C=O) groups excluding carboxylic acids is 1. The Morgan fingerprint density at radius 3 is 2.58 bits per heavy atom. The average Bonchev–Trinajstić information content (AvgIpc) is 2.85. The minimum atomic E-state index is 0.00803. The molecule has 2 aliphatic rings. The number of carbonyl (C=O) groups is 1. The van der Waals surface area contributed by atoms with Gasteiger partial charge in [0.25, 0.3) is 0 Å². The van der Waals surface area contributed by atoms with E-state index in [0.717, 1.165) is 32.4 Å².